The summed E-state index contributed by atoms with van der Waals surface area (Å²) in [6, 6.07) is 8.33. The van der Waals surface area contributed by atoms with Gasteiger partial charge in [-0.25, -0.2) is 0 Å². The van der Waals surface area contributed by atoms with Crippen molar-refractivity contribution in [3.63, 3.8) is 0 Å². The van der Waals surface area contributed by atoms with Gasteiger partial charge in [0.15, 0.2) is 5.78 Å². The molecule has 3 heteroatoms. The molecule has 0 unspecified atom stereocenters. The van der Waals surface area contributed by atoms with Crippen molar-refractivity contribution < 1.29 is 4.79 Å². The lowest BCUT2D eigenvalue weighted by Crippen LogP contribution is -2.22. The first-order chi connectivity index (χ1) is 9.05. The predicted octanol–water partition coefficient (Wildman–Crippen LogP) is 3.43. The second-order valence-corrected chi connectivity index (χ2v) is 4.72. The fourth-order valence-corrected chi connectivity index (χ4v) is 2.02. The van der Waals surface area contributed by atoms with Crippen LogP contribution >= 0.6 is 0 Å². The van der Waals surface area contributed by atoms with E-state index < -0.39 is 0 Å². The summed E-state index contributed by atoms with van der Waals surface area (Å²) in [5.41, 5.74) is 3.18. The predicted molar refractivity (Wildman–Crippen MR) is 81.1 cm³/mol. The van der Waals surface area contributed by atoms with Gasteiger partial charge in [-0.15, -0.1) is 0 Å². The third kappa shape index (κ3) is 5.71. The van der Waals surface area contributed by atoms with Gasteiger partial charge in [-0.05, 0) is 50.7 Å². The van der Waals surface area contributed by atoms with Crippen molar-refractivity contribution in [2.75, 3.05) is 18.4 Å². The molecule has 1 aromatic rings. The van der Waals surface area contributed by atoms with Crippen LogP contribution in [0.2, 0.25) is 0 Å². The number of allylic oxidation sites excluding steroid dienone is 2. The number of hydrogen-bond donors (Lipinski definition) is 1. The van der Waals surface area contributed by atoms with Crippen LogP contribution in [0.1, 0.15) is 33.3 Å². The lowest BCUT2D eigenvalue weighted by molar-refractivity contribution is -0.112. The monoisotopic (exact) mass is 260 g/mol. The molecule has 0 saturated carbocycles. The van der Waals surface area contributed by atoms with Crippen molar-refractivity contribution >= 4 is 11.5 Å². The highest BCUT2D eigenvalue weighted by molar-refractivity contribution is 5.88. The van der Waals surface area contributed by atoms with Gasteiger partial charge in [-0.3, -0.25) is 9.69 Å². The fraction of sp³-hybridized carbons (Fsp3) is 0.438. The number of ketones is 1. The Bertz CT molecular complexity index is 448. The van der Waals surface area contributed by atoms with E-state index in [4.69, 9.17) is 0 Å². The second kappa shape index (κ2) is 7.74. The molecule has 19 heavy (non-hydrogen) atoms. The summed E-state index contributed by atoms with van der Waals surface area (Å²) in [5, 5.41) is 3.24. The highest BCUT2D eigenvalue weighted by Gasteiger charge is 2.02. The summed E-state index contributed by atoms with van der Waals surface area (Å²) in [5.74, 6) is 0.0595. The molecule has 0 aliphatic rings. The molecule has 3 nitrogen and oxygen atoms in total. The molecule has 1 aromatic carbocycles. The Labute approximate surface area is 116 Å². The van der Waals surface area contributed by atoms with Crippen molar-refractivity contribution in [2.45, 2.75) is 34.2 Å². The first kappa shape index (κ1) is 15.4. The minimum Gasteiger partial charge on any atom is -0.359 e. The molecule has 0 fully saturated rings. The number of nitrogens with one attached hydrogen (secondary N) is 1. The maximum Gasteiger partial charge on any atom is 0.154 e. The Hall–Kier alpha value is -1.61. The third-order valence-corrected chi connectivity index (χ3v) is 2.99. The van der Waals surface area contributed by atoms with E-state index in [1.54, 1.807) is 13.0 Å². The number of anilines is 1. The van der Waals surface area contributed by atoms with Gasteiger partial charge in [0, 0.05) is 17.9 Å². The molecule has 0 aromatic heterocycles. The SMILES string of the molecule is CCN(CC)Cc1cccc(N/C(C)=C\C(C)=O)c1. The van der Waals surface area contributed by atoms with Gasteiger partial charge in [0.05, 0.1) is 0 Å². The van der Waals surface area contributed by atoms with Crippen LogP contribution < -0.4 is 5.32 Å². The van der Waals surface area contributed by atoms with Gasteiger partial charge in [0.1, 0.15) is 0 Å². The van der Waals surface area contributed by atoms with E-state index in [9.17, 15) is 4.79 Å². The second-order valence-electron chi connectivity index (χ2n) is 4.72. The van der Waals surface area contributed by atoms with Gasteiger partial charge < -0.3 is 5.32 Å². The molecule has 0 aliphatic heterocycles. The van der Waals surface area contributed by atoms with Crippen LogP contribution in [0.25, 0.3) is 0 Å². The molecule has 0 saturated heterocycles. The lowest BCUT2D eigenvalue weighted by atomic mass is 10.2. The maximum absolute atomic E-state index is 11.0. The van der Waals surface area contributed by atoms with Crippen molar-refractivity contribution in [1.82, 2.24) is 4.90 Å². The largest absolute Gasteiger partial charge is 0.359 e. The van der Waals surface area contributed by atoms with Crippen LogP contribution in [0.5, 0.6) is 0 Å². The molecule has 1 rings (SSSR count). The number of carbonyl (C=O) groups excluding carboxylic acids is 1. The van der Waals surface area contributed by atoms with E-state index in [1.165, 1.54) is 5.56 Å². The minimum absolute atomic E-state index is 0.0595. The fourth-order valence-electron chi connectivity index (χ4n) is 2.02. The lowest BCUT2D eigenvalue weighted by Gasteiger charge is -2.18. The summed E-state index contributed by atoms with van der Waals surface area (Å²) in [4.78, 5) is 13.4. The van der Waals surface area contributed by atoms with Crippen LogP contribution in [-0.4, -0.2) is 23.8 Å². The van der Waals surface area contributed by atoms with Gasteiger partial charge in [-0.1, -0.05) is 26.0 Å². The van der Waals surface area contributed by atoms with Crippen molar-refractivity contribution in [3.8, 4) is 0 Å². The zero-order valence-electron chi connectivity index (χ0n) is 12.4. The highest BCUT2D eigenvalue weighted by atomic mass is 16.1. The first-order valence-corrected chi connectivity index (χ1v) is 6.82. The van der Waals surface area contributed by atoms with E-state index in [-0.39, 0.29) is 5.78 Å². The smallest absolute Gasteiger partial charge is 0.154 e. The third-order valence-electron chi connectivity index (χ3n) is 2.99. The zero-order chi connectivity index (χ0) is 14.3. The molecule has 0 bridgehead atoms. The molecule has 0 radical (unpaired) electrons. The Morgan fingerprint density at radius 3 is 2.53 bits per heavy atom. The highest BCUT2D eigenvalue weighted by Crippen LogP contribution is 2.14. The normalized spacial score (nSPS) is 11.7. The van der Waals surface area contributed by atoms with Crippen LogP contribution in [0.15, 0.2) is 36.0 Å². The molecule has 1 N–H and O–H groups in total. The van der Waals surface area contributed by atoms with Crippen LogP contribution in [0.3, 0.4) is 0 Å². The van der Waals surface area contributed by atoms with Gasteiger partial charge in [0.25, 0.3) is 0 Å². The van der Waals surface area contributed by atoms with Crippen LogP contribution in [0, 0.1) is 0 Å². The number of hydrogen-bond acceptors (Lipinski definition) is 3. The van der Waals surface area contributed by atoms with Crippen LogP contribution in [0.4, 0.5) is 5.69 Å². The van der Waals surface area contributed by atoms with E-state index in [0.717, 1.165) is 31.0 Å². The number of nitrogens with zero attached hydrogens (tertiary/aromatic N) is 1. The molecule has 0 spiro atoms. The summed E-state index contributed by atoms with van der Waals surface area (Å²) in [6.07, 6.45) is 1.61. The molecular formula is C16H24N2O. The van der Waals surface area contributed by atoms with Gasteiger partial charge >= 0.3 is 0 Å². The Balaban J connectivity index is 2.74. The van der Waals surface area contributed by atoms with Crippen LogP contribution in [-0.2, 0) is 11.3 Å². The van der Waals surface area contributed by atoms with Crippen molar-refractivity contribution in [1.29, 1.82) is 0 Å². The molecule has 0 aliphatic carbocycles. The maximum atomic E-state index is 11.0. The first-order valence-electron chi connectivity index (χ1n) is 6.82. The standard InChI is InChI=1S/C16H24N2O/c1-5-18(6-2)12-15-8-7-9-16(11-15)17-13(3)10-14(4)19/h7-11,17H,5-6,12H2,1-4H3/b13-10-. The Kier molecular flexibility index (Phi) is 6.30. The topological polar surface area (TPSA) is 32.3 Å². The van der Waals surface area contributed by atoms with E-state index in [0.29, 0.717) is 0 Å². The molecule has 104 valence electrons. The zero-order valence-corrected chi connectivity index (χ0v) is 12.4. The molecule has 0 heterocycles. The number of rotatable bonds is 7. The van der Waals surface area contributed by atoms with Gasteiger partial charge in [-0.2, -0.15) is 0 Å². The average molecular weight is 260 g/mol. The van der Waals surface area contributed by atoms with E-state index in [1.807, 2.05) is 19.1 Å². The van der Waals surface area contributed by atoms with E-state index >= 15 is 0 Å². The summed E-state index contributed by atoms with van der Waals surface area (Å²) in [6.45, 7) is 10.9. The Morgan fingerprint density at radius 1 is 1.26 bits per heavy atom. The summed E-state index contributed by atoms with van der Waals surface area (Å²) in [7, 11) is 0. The van der Waals surface area contributed by atoms with Crippen molar-refractivity contribution in [2.24, 2.45) is 0 Å². The molecule has 0 amide bonds. The number of benzene rings is 1. The van der Waals surface area contributed by atoms with Crippen molar-refractivity contribution in [3.05, 3.63) is 41.6 Å². The molecule has 0 atom stereocenters. The average Bonchev–Trinajstić information content (AvgIpc) is 2.35. The quantitative estimate of drug-likeness (QED) is 0.762. The van der Waals surface area contributed by atoms with E-state index in [2.05, 4.69) is 36.2 Å². The molecular weight excluding hydrogens is 236 g/mol. The Morgan fingerprint density at radius 2 is 1.95 bits per heavy atom. The van der Waals surface area contributed by atoms with Gasteiger partial charge in [0.2, 0.25) is 0 Å². The minimum atomic E-state index is 0.0595. The summed E-state index contributed by atoms with van der Waals surface area (Å²) < 4.78 is 0. The summed E-state index contributed by atoms with van der Waals surface area (Å²) >= 11 is 0. The number of carbonyl (C=O) groups is 1.